The first-order valence-corrected chi connectivity index (χ1v) is 5.32. The largest absolute Gasteiger partial charge is 0.294 e. The van der Waals surface area contributed by atoms with Gasteiger partial charge in [-0.15, -0.1) is 0 Å². The minimum atomic E-state index is -0.0487. The summed E-state index contributed by atoms with van der Waals surface area (Å²) in [7, 11) is 0. The van der Waals surface area contributed by atoms with Crippen molar-refractivity contribution in [3.8, 4) is 0 Å². The maximum absolute atomic E-state index is 11.7. The van der Waals surface area contributed by atoms with E-state index in [1.807, 2.05) is 39.8 Å². The van der Waals surface area contributed by atoms with Gasteiger partial charge in [-0.3, -0.25) is 9.78 Å². The van der Waals surface area contributed by atoms with Crippen LogP contribution in [0, 0.1) is 5.92 Å². The SMILES string of the molecule is C/C=C/[C@H](C)C(=O)c1ccncc1.CC. The Morgan fingerprint density at radius 2 is 1.87 bits per heavy atom. The fourth-order valence-corrected chi connectivity index (χ4v) is 1.16. The van der Waals surface area contributed by atoms with Crippen molar-refractivity contribution < 1.29 is 4.79 Å². The number of carbonyl (C=O) groups is 1. The number of hydrogen-bond acceptors (Lipinski definition) is 2. The summed E-state index contributed by atoms with van der Waals surface area (Å²) in [6, 6.07) is 3.48. The van der Waals surface area contributed by atoms with E-state index in [0.29, 0.717) is 0 Å². The Morgan fingerprint density at radius 1 is 1.33 bits per heavy atom. The van der Waals surface area contributed by atoms with Crippen molar-refractivity contribution in [2.24, 2.45) is 5.92 Å². The van der Waals surface area contributed by atoms with Crippen LogP contribution < -0.4 is 0 Å². The molecule has 0 bridgehead atoms. The molecule has 0 N–H and O–H groups in total. The van der Waals surface area contributed by atoms with Gasteiger partial charge in [0.15, 0.2) is 5.78 Å². The molecule has 0 aliphatic rings. The summed E-state index contributed by atoms with van der Waals surface area (Å²) in [5.74, 6) is 0.0906. The highest BCUT2D eigenvalue weighted by molar-refractivity contribution is 5.98. The summed E-state index contributed by atoms with van der Waals surface area (Å²) in [5.41, 5.74) is 0.723. The van der Waals surface area contributed by atoms with Crippen molar-refractivity contribution in [1.29, 1.82) is 0 Å². The van der Waals surface area contributed by atoms with Gasteiger partial charge in [0.1, 0.15) is 0 Å². The van der Waals surface area contributed by atoms with E-state index in [-0.39, 0.29) is 11.7 Å². The van der Waals surface area contributed by atoms with Gasteiger partial charge in [0.2, 0.25) is 0 Å². The molecule has 0 fully saturated rings. The highest BCUT2D eigenvalue weighted by Crippen LogP contribution is 2.08. The van der Waals surface area contributed by atoms with Gasteiger partial charge in [-0.05, 0) is 19.1 Å². The lowest BCUT2D eigenvalue weighted by atomic mass is 10.0. The van der Waals surface area contributed by atoms with Crippen LogP contribution in [0.25, 0.3) is 0 Å². The van der Waals surface area contributed by atoms with Crippen molar-refractivity contribution in [3.63, 3.8) is 0 Å². The zero-order valence-electron chi connectivity index (χ0n) is 9.90. The molecule has 1 heterocycles. The highest BCUT2D eigenvalue weighted by Gasteiger charge is 2.10. The van der Waals surface area contributed by atoms with Gasteiger partial charge in [0, 0.05) is 23.9 Å². The molecular weight excluding hydrogens is 186 g/mol. The Labute approximate surface area is 92.0 Å². The molecule has 1 atom stereocenters. The third-order valence-electron chi connectivity index (χ3n) is 1.86. The van der Waals surface area contributed by atoms with E-state index >= 15 is 0 Å². The number of pyridine rings is 1. The highest BCUT2D eigenvalue weighted by atomic mass is 16.1. The lowest BCUT2D eigenvalue weighted by Crippen LogP contribution is -2.08. The van der Waals surface area contributed by atoms with Crippen LogP contribution in [0.3, 0.4) is 0 Å². The van der Waals surface area contributed by atoms with E-state index in [4.69, 9.17) is 0 Å². The molecule has 1 rings (SSSR count). The van der Waals surface area contributed by atoms with Crippen molar-refractivity contribution in [2.45, 2.75) is 27.7 Å². The van der Waals surface area contributed by atoms with Gasteiger partial charge >= 0.3 is 0 Å². The maximum atomic E-state index is 11.7. The standard InChI is InChI=1S/C11H13NO.C2H6/c1-3-4-9(2)11(13)10-5-7-12-8-6-10;1-2/h3-9H,1-2H3;1-2H3/b4-3+;/t9-;/m0./s1. The predicted molar refractivity (Wildman–Crippen MR) is 63.9 cm³/mol. The number of aromatic nitrogens is 1. The second-order valence-electron chi connectivity index (χ2n) is 2.91. The Morgan fingerprint density at radius 3 is 2.33 bits per heavy atom. The van der Waals surface area contributed by atoms with E-state index in [1.165, 1.54) is 0 Å². The van der Waals surface area contributed by atoms with Gasteiger partial charge < -0.3 is 0 Å². The summed E-state index contributed by atoms with van der Waals surface area (Å²) in [6.07, 6.45) is 7.05. The van der Waals surface area contributed by atoms with Gasteiger partial charge in [0.05, 0.1) is 0 Å². The van der Waals surface area contributed by atoms with Gasteiger partial charge in [0.25, 0.3) is 0 Å². The molecular formula is C13H19NO. The summed E-state index contributed by atoms with van der Waals surface area (Å²) in [6.45, 7) is 7.80. The third-order valence-corrected chi connectivity index (χ3v) is 1.86. The third kappa shape index (κ3) is 4.54. The Hall–Kier alpha value is -1.44. The van der Waals surface area contributed by atoms with Crippen LogP contribution in [-0.2, 0) is 0 Å². The Balaban J connectivity index is 0.000000921. The number of hydrogen-bond donors (Lipinski definition) is 0. The fourth-order valence-electron chi connectivity index (χ4n) is 1.16. The number of Topliss-reactive ketones (excluding diaryl/α,β-unsaturated/α-hetero) is 1. The second kappa shape index (κ2) is 7.92. The van der Waals surface area contributed by atoms with Crippen LogP contribution in [0.15, 0.2) is 36.7 Å². The van der Waals surface area contributed by atoms with Crippen molar-refractivity contribution in [1.82, 2.24) is 4.98 Å². The second-order valence-corrected chi connectivity index (χ2v) is 2.91. The quantitative estimate of drug-likeness (QED) is 0.558. The van der Waals surface area contributed by atoms with Crippen LogP contribution in [0.5, 0.6) is 0 Å². The van der Waals surface area contributed by atoms with Crippen LogP contribution in [0.2, 0.25) is 0 Å². The lowest BCUT2D eigenvalue weighted by Gasteiger charge is -2.03. The number of allylic oxidation sites excluding steroid dienone is 2. The van der Waals surface area contributed by atoms with Gasteiger partial charge in [-0.2, -0.15) is 0 Å². The molecule has 1 aromatic rings. The summed E-state index contributed by atoms with van der Waals surface area (Å²) in [5, 5.41) is 0. The number of rotatable bonds is 3. The average Bonchev–Trinajstić information content (AvgIpc) is 2.32. The van der Waals surface area contributed by atoms with Crippen LogP contribution in [-0.4, -0.2) is 10.8 Å². The summed E-state index contributed by atoms with van der Waals surface area (Å²) < 4.78 is 0. The van der Waals surface area contributed by atoms with Gasteiger partial charge in [-0.25, -0.2) is 0 Å². The molecule has 0 spiro atoms. The molecule has 82 valence electrons. The molecule has 0 aromatic carbocycles. The van der Waals surface area contributed by atoms with Gasteiger partial charge in [-0.1, -0.05) is 32.9 Å². The molecule has 0 radical (unpaired) electrons. The molecule has 0 unspecified atom stereocenters. The van der Waals surface area contributed by atoms with Crippen molar-refractivity contribution in [3.05, 3.63) is 42.2 Å². The monoisotopic (exact) mass is 205 g/mol. The Kier molecular flexibility index (Phi) is 7.16. The Bertz CT molecular complexity index is 304. The topological polar surface area (TPSA) is 30.0 Å². The molecule has 2 nitrogen and oxygen atoms in total. The first-order chi connectivity index (χ1) is 7.25. The van der Waals surface area contributed by atoms with E-state index in [1.54, 1.807) is 24.5 Å². The summed E-state index contributed by atoms with van der Waals surface area (Å²) >= 11 is 0. The number of ketones is 1. The molecule has 0 saturated heterocycles. The number of nitrogens with zero attached hydrogens (tertiary/aromatic N) is 1. The first-order valence-electron chi connectivity index (χ1n) is 5.32. The molecule has 0 saturated carbocycles. The van der Waals surface area contributed by atoms with Crippen molar-refractivity contribution >= 4 is 5.78 Å². The van der Waals surface area contributed by atoms with E-state index in [0.717, 1.165) is 5.56 Å². The molecule has 1 aromatic heterocycles. The minimum absolute atomic E-state index is 0.0487. The zero-order chi connectivity index (χ0) is 11.7. The van der Waals surface area contributed by atoms with Crippen LogP contribution in [0.4, 0.5) is 0 Å². The normalized spacial score (nSPS) is 11.7. The zero-order valence-corrected chi connectivity index (χ0v) is 9.90. The van der Waals surface area contributed by atoms with E-state index in [9.17, 15) is 4.79 Å². The first kappa shape index (κ1) is 13.6. The van der Waals surface area contributed by atoms with Crippen LogP contribution >= 0.6 is 0 Å². The lowest BCUT2D eigenvalue weighted by molar-refractivity contribution is 0.0953. The molecule has 0 aliphatic carbocycles. The molecule has 15 heavy (non-hydrogen) atoms. The van der Waals surface area contributed by atoms with E-state index in [2.05, 4.69) is 4.98 Å². The molecule has 2 heteroatoms. The summed E-state index contributed by atoms with van der Waals surface area (Å²) in [4.78, 5) is 15.5. The number of carbonyl (C=O) groups excluding carboxylic acids is 1. The maximum Gasteiger partial charge on any atom is 0.169 e. The van der Waals surface area contributed by atoms with E-state index < -0.39 is 0 Å². The fraction of sp³-hybridized carbons (Fsp3) is 0.385. The van der Waals surface area contributed by atoms with Crippen molar-refractivity contribution in [2.75, 3.05) is 0 Å². The average molecular weight is 205 g/mol. The minimum Gasteiger partial charge on any atom is -0.294 e. The van der Waals surface area contributed by atoms with Crippen LogP contribution in [0.1, 0.15) is 38.1 Å². The molecule has 0 aliphatic heterocycles. The molecule has 0 amide bonds. The predicted octanol–water partition coefficient (Wildman–Crippen LogP) is 3.50. The smallest absolute Gasteiger partial charge is 0.169 e.